The molecule has 2 rings (SSSR count). The van der Waals surface area contributed by atoms with Gasteiger partial charge in [0.1, 0.15) is 0 Å². The summed E-state index contributed by atoms with van der Waals surface area (Å²) in [6, 6.07) is 10.7. The lowest BCUT2D eigenvalue weighted by Crippen LogP contribution is -2.19. The molecule has 0 aromatic heterocycles. The van der Waals surface area contributed by atoms with E-state index in [1.165, 1.54) is 30.5 Å². The summed E-state index contributed by atoms with van der Waals surface area (Å²) in [5.74, 6) is 0. The van der Waals surface area contributed by atoms with Gasteiger partial charge in [0, 0.05) is 12.1 Å². The van der Waals surface area contributed by atoms with Gasteiger partial charge in [0.2, 0.25) is 0 Å². The number of nitrogens with zero attached hydrogens (tertiary/aromatic N) is 2. The van der Waals surface area contributed by atoms with Crippen molar-refractivity contribution >= 4 is 21.9 Å². The summed E-state index contributed by atoms with van der Waals surface area (Å²) < 4.78 is 24.4. The average Bonchev–Trinajstić information content (AvgIpc) is 2.50. The normalized spacial score (nSPS) is 11.6. The van der Waals surface area contributed by atoms with Gasteiger partial charge in [-0.25, -0.2) is 4.83 Å². The maximum atomic E-state index is 12.2. The van der Waals surface area contributed by atoms with Crippen molar-refractivity contribution in [2.45, 2.75) is 18.7 Å². The van der Waals surface area contributed by atoms with Crippen LogP contribution in [0.25, 0.3) is 0 Å². The van der Waals surface area contributed by atoms with Crippen LogP contribution in [0.3, 0.4) is 0 Å². The first-order valence-corrected chi connectivity index (χ1v) is 8.14. The Hall–Kier alpha value is -2.74. The Bertz CT molecular complexity index is 859. The van der Waals surface area contributed by atoms with Crippen LogP contribution in [0.2, 0.25) is 0 Å². The Balaban J connectivity index is 2.15. The Morgan fingerprint density at radius 3 is 2.39 bits per heavy atom. The summed E-state index contributed by atoms with van der Waals surface area (Å²) in [5.41, 5.74) is 1.95. The Morgan fingerprint density at radius 1 is 1.13 bits per heavy atom. The minimum atomic E-state index is -3.76. The molecule has 120 valence electrons. The molecule has 0 fully saturated rings. The van der Waals surface area contributed by atoms with Crippen LogP contribution in [0, 0.1) is 24.0 Å². The second-order valence-electron chi connectivity index (χ2n) is 4.97. The first-order valence-electron chi connectivity index (χ1n) is 6.66. The first kappa shape index (κ1) is 16.6. The molecule has 0 radical (unpaired) electrons. The fourth-order valence-electron chi connectivity index (χ4n) is 1.90. The number of nitro benzene ring substituents is 1. The summed E-state index contributed by atoms with van der Waals surface area (Å²) in [5, 5.41) is 14.3. The van der Waals surface area contributed by atoms with E-state index in [0.29, 0.717) is 11.1 Å². The Kier molecular flexibility index (Phi) is 4.75. The van der Waals surface area contributed by atoms with Gasteiger partial charge in [-0.3, -0.25) is 10.1 Å². The third-order valence-corrected chi connectivity index (χ3v) is 4.49. The van der Waals surface area contributed by atoms with Crippen LogP contribution < -0.4 is 4.83 Å². The van der Waals surface area contributed by atoms with Crippen LogP contribution in [0.15, 0.2) is 52.5 Å². The van der Waals surface area contributed by atoms with Gasteiger partial charge in [-0.2, -0.15) is 13.5 Å². The third kappa shape index (κ3) is 4.13. The number of aryl methyl sites for hydroxylation is 2. The zero-order valence-corrected chi connectivity index (χ0v) is 13.4. The van der Waals surface area contributed by atoms with E-state index in [0.717, 1.165) is 5.56 Å². The van der Waals surface area contributed by atoms with E-state index in [2.05, 4.69) is 9.93 Å². The SMILES string of the molecule is Cc1ccc(C)c(S(=O)(=O)N/N=C\c2ccc([N+](=O)[O-])cc2)c1. The Morgan fingerprint density at radius 2 is 1.78 bits per heavy atom. The van der Waals surface area contributed by atoms with Crippen molar-refractivity contribution in [3.8, 4) is 0 Å². The maximum absolute atomic E-state index is 12.2. The molecule has 0 amide bonds. The molecule has 0 saturated heterocycles. The standard InChI is InChI=1S/C15H15N3O4S/c1-11-3-4-12(2)15(9-11)23(21,22)17-16-10-13-5-7-14(8-6-13)18(19)20/h3-10,17H,1-2H3/b16-10-. The molecule has 0 saturated carbocycles. The summed E-state index contributed by atoms with van der Waals surface area (Å²) >= 11 is 0. The van der Waals surface area contributed by atoms with Crippen LogP contribution in [-0.4, -0.2) is 19.6 Å². The van der Waals surface area contributed by atoms with Crippen molar-refractivity contribution in [1.82, 2.24) is 4.83 Å². The molecule has 0 bridgehead atoms. The lowest BCUT2D eigenvalue weighted by molar-refractivity contribution is -0.384. The molecule has 0 unspecified atom stereocenters. The van der Waals surface area contributed by atoms with Crippen LogP contribution in [0.5, 0.6) is 0 Å². The zero-order valence-electron chi connectivity index (χ0n) is 12.6. The average molecular weight is 333 g/mol. The van der Waals surface area contributed by atoms with Gasteiger partial charge in [-0.15, -0.1) is 0 Å². The fraction of sp³-hybridized carbons (Fsp3) is 0.133. The highest BCUT2D eigenvalue weighted by Crippen LogP contribution is 2.16. The number of nitrogens with one attached hydrogen (secondary N) is 1. The van der Waals surface area contributed by atoms with Crippen LogP contribution in [0.1, 0.15) is 16.7 Å². The minimum absolute atomic E-state index is 0.0434. The quantitative estimate of drug-likeness (QED) is 0.516. The number of hydrogen-bond donors (Lipinski definition) is 1. The van der Waals surface area contributed by atoms with Crippen molar-refractivity contribution < 1.29 is 13.3 Å². The van der Waals surface area contributed by atoms with Gasteiger partial charge < -0.3 is 0 Å². The number of hydrogen-bond acceptors (Lipinski definition) is 5. The minimum Gasteiger partial charge on any atom is -0.258 e. The number of non-ortho nitro benzene ring substituents is 1. The zero-order chi connectivity index (χ0) is 17.0. The van der Waals surface area contributed by atoms with E-state index in [9.17, 15) is 18.5 Å². The molecule has 0 aliphatic heterocycles. The van der Waals surface area contributed by atoms with Gasteiger partial charge in [-0.05, 0) is 48.7 Å². The van der Waals surface area contributed by atoms with E-state index >= 15 is 0 Å². The molecule has 0 aliphatic carbocycles. The monoisotopic (exact) mass is 333 g/mol. The molecule has 7 nitrogen and oxygen atoms in total. The number of hydrazone groups is 1. The predicted octanol–water partition coefficient (Wildman–Crippen LogP) is 2.52. The van der Waals surface area contributed by atoms with Crippen LogP contribution in [-0.2, 0) is 10.0 Å². The summed E-state index contributed by atoms with van der Waals surface area (Å²) in [4.78, 5) is 12.3. The fourth-order valence-corrected chi connectivity index (χ4v) is 3.02. The largest absolute Gasteiger partial charge is 0.276 e. The molecule has 23 heavy (non-hydrogen) atoms. The van der Waals surface area contributed by atoms with Gasteiger partial charge in [0.05, 0.1) is 16.0 Å². The number of nitro groups is 1. The number of benzene rings is 2. The van der Waals surface area contributed by atoms with Crippen molar-refractivity contribution in [2.75, 3.05) is 0 Å². The molecule has 1 N–H and O–H groups in total. The van der Waals surface area contributed by atoms with Gasteiger partial charge in [-0.1, -0.05) is 12.1 Å². The molecule has 0 aliphatic rings. The van der Waals surface area contributed by atoms with Crippen LogP contribution in [0.4, 0.5) is 5.69 Å². The Labute approximate surface area is 133 Å². The molecule has 2 aromatic carbocycles. The van der Waals surface area contributed by atoms with Gasteiger partial charge in [0.25, 0.3) is 15.7 Å². The summed E-state index contributed by atoms with van der Waals surface area (Å²) in [6.45, 7) is 3.51. The molecule has 0 atom stereocenters. The van der Waals surface area contributed by atoms with E-state index in [1.807, 2.05) is 6.07 Å². The first-order chi connectivity index (χ1) is 10.8. The predicted molar refractivity (Wildman–Crippen MR) is 86.9 cm³/mol. The second kappa shape index (κ2) is 6.57. The lowest BCUT2D eigenvalue weighted by atomic mass is 10.2. The molecular weight excluding hydrogens is 318 g/mol. The van der Waals surface area contributed by atoms with Crippen molar-refractivity contribution in [2.24, 2.45) is 5.10 Å². The highest BCUT2D eigenvalue weighted by Gasteiger charge is 2.15. The summed E-state index contributed by atoms with van der Waals surface area (Å²) in [7, 11) is -3.76. The molecular formula is C15H15N3O4S. The smallest absolute Gasteiger partial charge is 0.258 e. The van der Waals surface area contributed by atoms with E-state index in [1.54, 1.807) is 26.0 Å². The van der Waals surface area contributed by atoms with Crippen molar-refractivity contribution in [1.29, 1.82) is 0 Å². The number of sulfonamides is 1. The van der Waals surface area contributed by atoms with Crippen molar-refractivity contribution in [3.63, 3.8) is 0 Å². The molecule has 2 aromatic rings. The lowest BCUT2D eigenvalue weighted by Gasteiger charge is -2.07. The van der Waals surface area contributed by atoms with Gasteiger partial charge in [0.15, 0.2) is 0 Å². The highest BCUT2D eigenvalue weighted by molar-refractivity contribution is 7.89. The topological polar surface area (TPSA) is 102 Å². The molecule has 8 heteroatoms. The van der Waals surface area contributed by atoms with Crippen molar-refractivity contribution in [3.05, 3.63) is 69.3 Å². The van der Waals surface area contributed by atoms with E-state index in [-0.39, 0.29) is 10.6 Å². The highest BCUT2D eigenvalue weighted by atomic mass is 32.2. The van der Waals surface area contributed by atoms with Gasteiger partial charge >= 0.3 is 0 Å². The van der Waals surface area contributed by atoms with Crippen LogP contribution >= 0.6 is 0 Å². The maximum Gasteiger partial charge on any atom is 0.276 e. The molecule has 0 spiro atoms. The van der Waals surface area contributed by atoms with E-state index in [4.69, 9.17) is 0 Å². The third-order valence-electron chi connectivity index (χ3n) is 3.12. The second-order valence-corrected chi connectivity index (χ2v) is 6.60. The number of rotatable bonds is 5. The molecule has 0 heterocycles. The summed E-state index contributed by atoms with van der Waals surface area (Å²) in [6.07, 6.45) is 1.28. The van der Waals surface area contributed by atoms with E-state index < -0.39 is 14.9 Å².